The minimum Gasteiger partial charge on any atom is -0.345 e. The zero-order valence-electron chi connectivity index (χ0n) is 7.97. The molecule has 5 nitrogen and oxygen atoms in total. The molecular formula is C10H10N4O. The predicted molar refractivity (Wildman–Crippen MR) is 54.0 cm³/mol. The van der Waals surface area contributed by atoms with E-state index in [0.717, 1.165) is 5.69 Å². The monoisotopic (exact) mass is 202 g/mol. The zero-order valence-corrected chi connectivity index (χ0v) is 7.97. The largest absolute Gasteiger partial charge is 0.345 e. The van der Waals surface area contributed by atoms with Gasteiger partial charge in [0.2, 0.25) is 0 Å². The fourth-order valence-corrected chi connectivity index (χ4v) is 1.15. The summed E-state index contributed by atoms with van der Waals surface area (Å²) in [4.78, 5) is 15.6. The molecule has 2 N–H and O–H groups in total. The van der Waals surface area contributed by atoms with Crippen LogP contribution in [0.4, 0.5) is 0 Å². The Morgan fingerprint density at radius 2 is 2.27 bits per heavy atom. The summed E-state index contributed by atoms with van der Waals surface area (Å²) >= 11 is 0. The van der Waals surface area contributed by atoms with E-state index in [9.17, 15) is 4.79 Å². The number of hydrogen-bond acceptors (Lipinski definition) is 3. The summed E-state index contributed by atoms with van der Waals surface area (Å²) in [6.45, 7) is 0.415. The minimum atomic E-state index is -0.182. The molecule has 0 saturated carbocycles. The second kappa shape index (κ2) is 4.36. The first-order valence-electron chi connectivity index (χ1n) is 4.54. The van der Waals surface area contributed by atoms with Crippen molar-refractivity contribution in [3.63, 3.8) is 0 Å². The number of hydrogen-bond donors (Lipinski definition) is 2. The van der Waals surface area contributed by atoms with Gasteiger partial charge >= 0.3 is 0 Å². The Labute approximate surface area is 86.5 Å². The molecule has 0 aromatic carbocycles. The third-order valence-corrected chi connectivity index (χ3v) is 1.90. The molecule has 0 aliphatic rings. The van der Waals surface area contributed by atoms with E-state index in [0.29, 0.717) is 12.2 Å². The first-order chi connectivity index (χ1) is 7.36. The summed E-state index contributed by atoms with van der Waals surface area (Å²) in [7, 11) is 0. The molecule has 0 bridgehead atoms. The Hall–Kier alpha value is -2.17. The van der Waals surface area contributed by atoms with E-state index < -0.39 is 0 Å². The van der Waals surface area contributed by atoms with Crippen LogP contribution >= 0.6 is 0 Å². The van der Waals surface area contributed by atoms with Crippen LogP contribution in [0.5, 0.6) is 0 Å². The van der Waals surface area contributed by atoms with Crippen LogP contribution in [-0.2, 0) is 6.54 Å². The van der Waals surface area contributed by atoms with Gasteiger partial charge in [-0.05, 0) is 18.2 Å². The third-order valence-electron chi connectivity index (χ3n) is 1.90. The van der Waals surface area contributed by atoms with Gasteiger partial charge in [0.15, 0.2) is 0 Å². The summed E-state index contributed by atoms with van der Waals surface area (Å²) in [5.41, 5.74) is 1.27. The van der Waals surface area contributed by atoms with Gasteiger partial charge in [-0.15, -0.1) is 0 Å². The molecule has 0 aliphatic heterocycles. The number of H-pyrrole nitrogens is 1. The predicted octanol–water partition coefficient (Wildman–Crippen LogP) is 0.735. The number of nitrogens with zero attached hydrogens (tertiary/aromatic N) is 2. The van der Waals surface area contributed by atoms with E-state index >= 15 is 0 Å². The summed E-state index contributed by atoms with van der Waals surface area (Å²) < 4.78 is 0. The van der Waals surface area contributed by atoms with Gasteiger partial charge in [0.1, 0.15) is 5.69 Å². The van der Waals surface area contributed by atoms with Gasteiger partial charge in [0.05, 0.1) is 12.2 Å². The molecule has 2 aromatic heterocycles. The van der Waals surface area contributed by atoms with Crippen molar-refractivity contribution in [2.45, 2.75) is 6.54 Å². The fourth-order valence-electron chi connectivity index (χ4n) is 1.15. The zero-order chi connectivity index (χ0) is 10.5. The first kappa shape index (κ1) is 9.39. The smallest absolute Gasteiger partial charge is 0.269 e. The van der Waals surface area contributed by atoms with Crippen molar-refractivity contribution in [2.24, 2.45) is 0 Å². The lowest BCUT2D eigenvalue weighted by molar-refractivity contribution is 0.0945. The Morgan fingerprint density at radius 1 is 1.33 bits per heavy atom. The number of amides is 1. The van der Waals surface area contributed by atoms with Gasteiger partial charge in [0, 0.05) is 12.4 Å². The molecule has 1 amide bonds. The maximum atomic E-state index is 11.5. The molecule has 0 radical (unpaired) electrons. The Bertz CT molecular complexity index is 424. The van der Waals surface area contributed by atoms with Crippen molar-refractivity contribution in [3.05, 3.63) is 48.0 Å². The lowest BCUT2D eigenvalue weighted by Crippen LogP contribution is -2.23. The van der Waals surface area contributed by atoms with Gasteiger partial charge in [-0.3, -0.25) is 14.9 Å². The van der Waals surface area contributed by atoms with E-state index in [4.69, 9.17) is 0 Å². The fraction of sp³-hybridized carbons (Fsp3) is 0.100. The van der Waals surface area contributed by atoms with Crippen LogP contribution in [0.25, 0.3) is 0 Å². The number of aromatic nitrogens is 3. The molecule has 0 fully saturated rings. The molecule has 0 aliphatic carbocycles. The van der Waals surface area contributed by atoms with Crippen molar-refractivity contribution in [2.75, 3.05) is 0 Å². The highest BCUT2D eigenvalue weighted by atomic mass is 16.1. The van der Waals surface area contributed by atoms with Crippen molar-refractivity contribution in [1.29, 1.82) is 0 Å². The second-order valence-electron chi connectivity index (χ2n) is 2.97. The van der Waals surface area contributed by atoms with Crippen LogP contribution in [0.2, 0.25) is 0 Å². The Morgan fingerprint density at radius 3 is 2.93 bits per heavy atom. The number of nitrogens with one attached hydrogen (secondary N) is 2. The third kappa shape index (κ3) is 2.40. The minimum absolute atomic E-state index is 0.182. The van der Waals surface area contributed by atoms with E-state index in [1.807, 2.05) is 18.2 Å². The number of carbonyl (C=O) groups excluding carboxylic acids is 1. The van der Waals surface area contributed by atoms with E-state index in [1.165, 1.54) is 6.20 Å². The number of rotatable bonds is 3. The second-order valence-corrected chi connectivity index (χ2v) is 2.97. The van der Waals surface area contributed by atoms with Crippen molar-refractivity contribution < 1.29 is 4.79 Å². The van der Waals surface area contributed by atoms with Gasteiger partial charge < -0.3 is 5.32 Å². The van der Waals surface area contributed by atoms with Gasteiger partial charge in [-0.25, -0.2) is 0 Å². The van der Waals surface area contributed by atoms with Gasteiger partial charge in [0.25, 0.3) is 5.91 Å². The standard InChI is InChI=1S/C10H10N4O/c15-10(9-4-6-13-14-9)12-7-8-3-1-2-5-11-8/h1-6H,7H2,(H,12,15)(H,13,14). The topological polar surface area (TPSA) is 70.7 Å². The molecule has 2 heterocycles. The van der Waals surface area contributed by atoms with E-state index in [1.54, 1.807) is 12.3 Å². The normalized spacial score (nSPS) is 9.87. The highest BCUT2D eigenvalue weighted by Gasteiger charge is 2.05. The SMILES string of the molecule is O=C(NCc1ccccn1)c1ccn[nH]1. The first-order valence-corrected chi connectivity index (χ1v) is 4.54. The molecule has 0 spiro atoms. The molecule has 76 valence electrons. The lowest BCUT2D eigenvalue weighted by atomic mass is 10.3. The summed E-state index contributed by atoms with van der Waals surface area (Å²) in [6, 6.07) is 7.19. The highest BCUT2D eigenvalue weighted by Crippen LogP contribution is 1.95. The van der Waals surface area contributed by atoms with E-state index in [2.05, 4.69) is 20.5 Å². The van der Waals surface area contributed by atoms with Crippen molar-refractivity contribution in [3.8, 4) is 0 Å². The van der Waals surface area contributed by atoms with Crippen LogP contribution in [-0.4, -0.2) is 21.1 Å². The average molecular weight is 202 g/mol. The molecule has 2 rings (SSSR count). The van der Waals surface area contributed by atoms with Crippen molar-refractivity contribution >= 4 is 5.91 Å². The van der Waals surface area contributed by atoms with Gasteiger partial charge in [-0.2, -0.15) is 5.10 Å². The number of pyridine rings is 1. The highest BCUT2D eigenvalue weighted by molar-refractivity contribution is 5.91. The summed E-state index contributed by atoms with van der Waals surface area (Å²) in [6.07, 6.45) is 3.23. The van der Waals surface area contributed by atoms with Crippen LogP contribution < -0.4 is 5.32 Å². The molecule has 5 heteroatoms. The average Bonchev–Trinajstić information content (AvgIpc) is 2.81. The lowest BCUT2D eigenvalue weighted by Gasteiger charge is -2.01. The summed E-state index contributed by atoms with van der Waals surface area (Å²) in [5.74, 6) is -0.182. The maximum absolute atomic E-state index is 11.5. The molecule has 0 atom stereocenters. The Balaban J connectivity index is 1.92. The Kier molecular flexibility index (Phi) is 2.73. The van der Waals surface area contributed by atoms with E-state index in [-0.39, 0.29) is 5.91 Å². The van der Waals surface area contributed by atoms with Crippen LogP contribution in [0.15, 0.2) is 36.7 Å². The molecule has 0 saturated heterocycles. The summed E-state index contributed by atoms with van der Waals surface area (Å²) in [5, 5.41) is 9.02. The van der Waals surface area contributed by atoms with Gasteiger partial charge in [-0.1, -0.05) is 6.07 Å². The van der Waals surface area contributed by atoms with Crippen LogP contribution in [0.1, 0.15) is 16.2 Å². The number of carbonyl (C=O) groups is 1. The quantitative estimate of drug-likeness (QED) is 0.771. The molecule has 0 unspecified atom stereocenters. The van der Waals surface area contributed by atoms with Crippen LogP contribution in [0, 0.1) is 0 Å². The maximum Gasteiger partial charge on any atom is 0.269 e. The molecular weight excluding hydrogens is 192 g/mol. The van der Waals surface area contributed by atoms with Crippen molar-refractivity contribution in [1.82, 2.24) is 20.5 Å². The molecule has 2 aromatic rings. The van der Waals surface area contributed by atoms with Crippen LogP contribution in [0.3, 0.4) is 0 Å². The molecule has 15 heavy (non-hydrogen) atoms. The number of aromatic amines is 1.